The van der Waals surface area contributed by atoms with Gasteiger partial charge in [-0.2, -0.15) is 0 Å². The number of halogens is 4. The van der Waals surface area contributed by atoms with Crippen LogP contribution in [0.2, 0.25) is 0 Å². The van der Waals surface area contributed by atoms with Crippen LogP contribution in [0.15, 0.2) is 24.3 Å². The van der Waals surface area contributed by atoms with E-state index in [2.05, 4.69) is 15.4 Å². The highest BCUT2D eigenvalue weighted by Gasteiger charge is 2.31. The Morgan fingerprint density at radius 1 is 1.38 bits per heavy atom. The Balaban J connectivity index is 0.00000288. The Morgan fingerprint density at radius 2 is 2.00 bits per heavy atom. The lowest BCUT2D eigenvalue weighted by Crippen LogP contribution is -2.55. The fourth-order valence-electron chi connectivity index (χ4n) is 2.37. The van der Waals surface area contributed by atoms with Gasteiger partial charge in [0.25, 0.3) is 0 Å². The van der Waals surface area contributed by atoms with Crippen molar-refractivity contribution >= 4 is 18.3 Å². The molecule has 1 saturated heterocycles. The second-order valence-corrected chi connectivity index (χ2v) is 5.35. The average molecular weight is 369 g/mol. The van der Waals surface area contributed by atoms with Crippen molar-refractivity contribution in [2.45, 2.75) is 38.4 Å². The first-order chi connectivity index (χ1) is 10.8. The molecular weight excluding hydrogens is 349 g/mol. The van der Waals surface area contributed by atoms with E-state index in [1.165, 1.54) is 24.3 Å². The molecule has 1 aliphatic rings. The first-order valence-electron chi connectivity index (χ1n) is 7.27. The summed E-state index contributed by atoms with van der Waals surface area (Å²) in [6, 6.07) is 4.62. The number of carbonyl (C=O) groups excluding carboxylic acids is 1. The molecule has 1 amide bonds. The van der Waals surface area contributed by atoms with Crippen molar-refractivity contribution in [1.29, 1.82) is 0 Å². The van der Waals surface area contributed by atoms with Gasteiger partial charge in [-0.3, -0.25) is 4.79 Å². The van der Waals surface area contributed by atoms with Gasteiger partial charge in [-0.1, -0.05) is 12.1 Å². The first-order valence-corrected chi connectivity index (χ1v) is 7.27. The number of alkyl halides is 3. The zero-order valence-corrected chi connectivity index (χ0v) is 14.0. The van der Waals surface area contributed by atoms with E-state index < -0.39 is 12.4 Å². The molecule has 1 aromatic rings. The lowest BCUT2D eigenvalue weighted by Gasteiger charge is -2.30. The van der Waals surface area contributed by atoms with Crippen LogP contribution in [0.4, 0.5) is 13.2 Å². The van der Waals surface area contributed by atoms with E-state index in [-0.39, 0.29) is 36.2 Å². The SMILES string of the molecule is CC(NC(=O)[C@H]1NCCO[C@@H]1C)c1ccc(OC(F)(F)F)cc1.Cl. The van der Waals surface area contributed by atoms with Crippen LogP contribution in [-0.2, 0) is 9.53 Å². The monoisotopic (exact) mass is 368 g/mol. The summed E-state index contributed by atoms with van der Waals surface area (Å²) in [5.41, 5.74) is 0.678. The topological polar surface area (TPSA) is 59.6 Å². The van der Waals surface area contributed by atoms with Gasteiger partial charge >= 0.3 is 6.36 Å². The highest BCUT2D eigenvalue weighted by Crippen LogP contribution is 2.24. The molecule has 2 rings (SSSR count). The zero-order valence-electron chi connectivity index (χ0n) is 13.2. The highest BCUT2D eigenvalue weighted by molar-refractivity contribution is 5.85. The van der Waals surface area contributed by atoms with Crippen molar-refractivity contribution in [1.82, 2.24) is 10.6 Å². The normalized spacial score (nSPS) is 22.2. The molecule has 0 saturated carbocycles. The smallest absolute Gasteiger partial charge is 0.406 e. The Bertz CT molecular complexity index is 540. The van der Waals surface area contributed by atoms with E-state index in [0.29, 0.717) is 18.7 Å². The van der Waals surface area contributed by atoms with Crippen LogP contribution < -0.4 is 15.4 Å². The van der Waals surface area contributed by atoms with Gasteiger partial charge < -0.3 is 20.1 Å². The van der Waals surface area contributed by atoms with Crippen LogP contribution >= 0.6 is 12.4 Å². The summed E-state index contributed by atoms with van der Waals surface area (Å²) in [5, 5.41) is 5.90. The number of hydrogen-bond acceptors (Lipinski definition) is 4. The molecule has 0 aromatic heterocycles. The largest absolute Gasteiger partial charge is 0.573 e. The van der Waals surface area contributed by atoms with Crippen LogP contribution in [0.25, 0.3) is 0 Å². The molecule has 0 bridgehead atoms. The molecule has 1 fully saturated rings. The van der Waals surface area contributed by atoms with Crippen molar-refractivity contribution in [3.8, 4) is 5.75 Å². The third-order valence-electron chi connectivity index (χ3n) is 3.57. The minimum Gasteiger partial charge on any atom is -0.406 e. The average Bonchev–Trinajstić information content (AvgIpc) is 2.46. The van der Waals surface area contributed by atoms with Gasteiger partial charge in [0.1, 0.15) is 11.8 Å². The van der Waals surface area contributed by atoms with Crippen molar-refractivity contribution in [2.75, 3.05) is 13.2 Å². The summed E-state index contributed by atoms with van der Waals surface area (Å²) < 4.78 is 45.6. The molecule has 1 unspecified atom stereocenters. The summed E-state index contributed by atoms with van der Waals surface area (Å²) >= 11 is 0. The van der Waals surface area contributed by atoms with Crippen molar-refractivity contribution in [3.05, 3.63) is 29.8 Å². The predicted molar refractivity (Wildman–Crippen MR) is 84.1 cm³/mol. The van der Waals surface area contributed by atoms with Gasteiger partial charge in [0.2, 0.25) is 5.91 Å². The summed E-state index contributed by atoms with van der Waals surface area (Å²) in [7, 11) is 0. The minimum atomic E-state index is -4.72. The fourth-order valence-corrected chi connectivity index (χ4v) is 2.37. The van der Waals surface area contributed by atoms with Crippen LogP contribution in [-0.4, -0.2) is 37.6 Å². The molecule has 1 aromatic carbocycles. The van der Waals surface area contributed by atoms with Crippen LogP contribution in [0.1, 0.15) is 25.5 Å². The van der Waals surface area contributed by atoms with Gasteiger partial charge in [-0.25, -0.2) is 0 Å². The Hall–Kier alpha value is -1.51. The Kier molecular flexibility index (Phi) is 7.31. The molecule has 5 nitrogen and oxygen atoms in total. The molecule has 1 aliphatic heterocycles. The minimum absolute atomic E-state index is 0. The predicted octanol–water partition coefficient (Wildman–Crippen LogP) is 2.56. The molecule has 0 radical (unpaired) electrons. The lowest BCUT2D eigenvalue weighted by molar-refractivity contribution is -0.274. The maximum atomic E-state index is 12.2. The third kappa shape index (κ3) is 5.85. The lowest BCUT2D eigenvalue weighted by atomic mass is 10.1. The molecule has 24 heavy (non-hydrogen) atoms. The highest BCUT2D eigenvalue weighted by atomic mass is 35.5. The molecule has 2 N–H and O–H groups in total. The van der Waals surface area contributed by atoms with Gasteiger partial charge in [-0.05, 0) is 31.5 Å². The molecule has 9 heteroatoms. The number of morpholine rings is 1. The Morgan fingerprint density at radius 3 is 2.54 bits per heavy atom. The van der Waals surface area contributed by atoms with Gasteiger partial charge in [0, 0.05) is 6.54 Å². The third-order valence-corrected chi connectivity index (χ3v) is 3.57. The van der Waals surface area contributed by atoms with Gasteiger partial charge in [-0.15, -0.1) is 25.6 Å². The number of benzene rings is 1. The number of carbonyl (C=O) groups is 1. The second-order valence-electron chi connectivity index (χ2n) is 5.35. The van der Waals surface area contributed by atoms with E-state index in [1.807, 2.05) is 6.92 Å². The Labute approximate surface area is 144 Å². The van der Waals surface area contributed by atoms with E-state index in [9.17, 15) is 18.0 Å². The number of hydrogen-bond donors (Lipinski definition) is 2. The standard InChI is InChI=1S/C15H19F3N2O3.ClH/c1-9(20-14(21)13-10(2)22-8-7-19-13)11-3-5-12(6-4-11)23-15(16,17)18;/h3-6,9-10,13,19H,7-8H2,1-2H3,(H,20,21);1H/t9?,10-,13+;/m1./s1. The van der Waals surface area contributed by atoms with E-state index in [4.69, 9.17) is 4.74 Å². The van der Waals surface area contributed by atoms with Crippen LogP contribution in [0, 0.1) is 0 Å². The van der Waals surface area contributed by atoms with Crippen molar-refractivity contribution in [2.24, 2.45) is 0 Å². The summed E-state index contributed by atoms with van der Waals surface area (Å²) in [4.78, 5) is 12.2. The molecule has 3 atom stereocenters. The summed E-state index contributed by atoms with van der Waals surface area (Å²) in [6.07, 6.45) is -4.96. The maximum absolute atomic E-state index is 12.2. The van der Waals surface area contributed by atoms with Gasteiger partial charge in [0.05, 0.1) is 18.8 Å². The van der Waals surface area contributed by atoms with Crippen molar-refractivity contribution < 1.29 is 27.4 Å². The van der Waals surface area contributed by atoms with Crippen LogP contribution in [0.5, 0.6) is 5.75 Å². The summed E-state index contributed by atoms with van der Waals surface area (Å²) in [5.74, 6) is -0.504. The van der Waals surface area contributed by atoms with E-state index in [1.54, 1.807) is 6.92 Å². The molecule has 0 aliphatic carbocycles. The number of rotatable bonds is 4. The zero-order chi connectivity index (χ0) is 17.0. The quantitative estimate of drug-likeness (QED) is 0.857. The molecule has 136 valence electrons. The fraction of sp³-hybridized carbons (Fsp3) is 0.533. The second kappa shape index (κ2) is 8.55. The summed E-state index contributed by atoms with van der Waals surface area (Å²) in [6.45, 7) is 4.72. The van der Waals surface area contributed by atoms with E-state index >= 15 is 0 Å². The molecule has 0 spiro atoms. The first kappa shape index (κ1) is 20.5. The number of ether oxygens (including phenoxy) is 2. The number of nitrogens with one attached hydrogen (secondary N) is 2. The maximum Gasteiger partial charge on any atom is 0.573 e. The van der Waals surface area contributed by atoms with Gasteiger partial charge in [0.15, 0.2) is 0 Å². The van der Waals surface area contributed by atoms with E-state index in [0.717, 1.165) is 0 Å². The van der Waals surface area contributed by atoms with Crippen LogP contribution in [0.3, 0.4) is 0 Å². The molecule has 1 heterocycles. The number of amides is 1. The molecular formula is C15H20ClF3N2O3. The van der Waals surface area contributed by atoms with Crippen molar-refractivity contribution in [3.63, 3.8) is 0 Å².